The molecule has 1 saturated heterocycles. The summed E-state index contributed by atoms with van der Waals surface area (Å²) in [5.74, 6) is -0.445. The van der Waals surface area contributed by atoms with Gasteiger partial charge in [-0.3, -0.25) is 14.4 Å². The molecular formula is C25H40N6O2. The van der Waals surface area contributed by atoms with Crippen LogP contribution in [-0.4, -0.2) is 79.2 Å². The van der Waals surface area contributed by atoms with Crippen molar-refractivity contribution in [3.63, 3.8) is 0 Å². The van der Waals surface area contributed by atoms with Crippen molar-refractivity contribution in [1.29, 1.82) is 0 Å². The fourth-order valence-electron chi connectivity index (χ4n) is 5.02. The number of anilines is 1. The van der Waals surface area contributed by atoms with Crippen molar-refractivity contribution < 1.29 is 9.59 Å². The van der Waals surface area contributed by atoms with E-state index < -0.39 is 0 Å². The maximum absolute atomic E-state index is 11.9. The lowest BCUT2D eigenvalue weighted by Gasteiger charge is -2.39. The van der Waals surface area contributed by atoms with Crippen LogP contribution < -0.4 is 15.5 Å². The van der Waals surface area contributed by atoms with E-state index in [0.29, 0.717) is 18.9 Å². The van der Waals surface area contributed by atoms with E-state index in [2.05, 4.69) is 46.4 Å². The minimum absolute atomic E-state index is 0.0581. The zero-order valence-electron chi connectivity index (χ0n) is 20.6. The summed E-state index contributed by atoms with van der Waals surface area (Å²) in [7, 11) is 3.56. The van der Waals surface area contributed by atoms with Crippen LogP contribution in [0, 0.1) is 0 Å². The monoisotopic (exact) mass is 456 g/mol. The molecule has 0 bridgehead atoms. The van der Waals surface area contributed by atoms with Crippen LogP contribution >= 0.6 is 0 Å². The maximum atomic E-state index is 11.9. The molecule has 2 heterocycles. The molecule has 1 aromatic carbocycles. The fourth-order valence-corrected chi connectivity index (χ4v) is 5.02. The van der Waals surface area contributed by atoms with Gasteiger partial charge in [-0.05, 0) is 38.4 Å². The van der Waals surface area contributed by atoms with Crippen LogP contribution in [0.15, 0.2) is 18.2 Å². The summed E-state index contributed by atoms with van der Waals surface area (Å²) in [6, 6.07) is 6.89. The molecule has 1 aliphatic heterocycles. The van der Waals surface area contributed by atoms with E-state index in [1.807, 2.05) is 17.8 Å². The molecule has 0 spiro atoms. The van der Waals surface area contributed by atoms with Gasteiger partial charge in [0, 0.05) is 58.1 Å². The first-order valence-corrected chi connectivity index (χ1v) is 12.3. The van der Waals surface area contributed by atoms with Crippen molar-refractivity contribution in [3.05, 3.63) is 23.9 Å². The number of piperidine rings is 1. The highest BCUT2D eigenvalue weighted by molar-refractivity contribution is 5.95. The summed E-state index contributed by atoms with van der Waals surface area (Å²) in [6.07, 6.45) is 3.99. The van der Waals surface area contributed by atoms with Gasteiger partial charge in [0.25, 0.3) is 0 Å². The maximum Gasteiger partial charge on any atom is 0.219 e. The van der Waals surface area contributed by atoms with Gasteiger partial charge < -0.3 is 20.3 Å². The third-order valence-corrected chi connectivity index (χ3v) is 6.90. The summed E-state index contributed by atoms with van der Waals surface area (Å²) in [4.78, 5) is 28.6. The van der Waals surface area contributed by atoms with Crippen LogP contribution in [0.4, 0.5) is 5.69 Å². The average molecular weight is 457 g/mol. The van der Waals surface area contributed by atoms with Crippen LogP contribution in [0.1, 0.15) is 51.1 Å². The van der Waals surface area contributed by atoms with E-state index in [-0.39, 0.29) is 11.8 Å². The number of fused-ring (bicyclic) bond motifs is 1. The lowest BCUT2D eigenvalue weighted by molar-refractivity contribution is -0.120. The Morgan fingerprint density at radius 2 is 2.06 bits per heavy atom. The van der Waals surface area contributed by atoms with Crippen molar-refractivity contribution in [1.82, 2.24) is 25.3 Å². The molecule has 182 valence electrons. The van der Waals surface area contributed by atoms with Gasteiger partial charge in [0.15, 0.2) is 0 Å². The largest absolute Gasteiger partial charge is 0.370 e. The van der Waals surface area contributed by atoms with Crippen molar-refractivity contribution >= 4 is 28.8 Å². The van der Waals surface area contributed by atoms with Gasteiger partial charge in [0.05, 0.1) is 22.8 Å². The molecule has 2 aromatic rings. The molecule has 0 radical (unpaired) electrons. The minimum Gasteiger partial charge on any atom is -0.370 e. The molecule has 2 N–H and O–H groups in total. The number of amides is 1. The SMILES string of the molecule is CCNCCN(CC)C1CCN(c2cccc3c(C(C=O)CCC(=O)NC)nn(C)c23)CC1. The number of aldehydes is 1. The molecule has 1 amide bonds. The molecule has 0 saturated carbocycles. The van der Waals surface area contributed by atoms with Gasteiger partial charge in [-0.2, -0.15) is 5.10 Å². The molecule has 33 heavy (non-hydrogen) atoms. The lowest BCUT2D eigenvalue weighted by Crippen LogP contribution is -2.47. The highest BCUT2D eigenvalue weighted by Crippen LogP contribution is 2.34. The first kappa shape index (κ1) is 25.2. The van der Waals surface area contributed by atoms with Gasteiger partial charge in [-0.25, -0.2) is 0 Å². The van der Waals surface area contributed by atoms with Crippen LogP contribution in [-0.2, 0) is 16.6 Å². The molecular weight excluding hydrogens is 416 g/mol. The summed E-state index contributed by atoms with van der Waals surface area (Å²) >= 11 is 0. The van der Waals surface area contributed by atoms with E-state index in [9.17, 15) is 9.59 Å². The quantitative estimate of drug-likeness (QED) is 0.377. The molecule has 1 atom stereocenters. The number of nitrogens with one attached hydrogen (secondary N) is 2. The number of para-hydroxylation sites is 1. The fraction of sp³-hybridized carbons (Fsp3) is 0.640. The first-order chi connectivity index (χ1) is 16.0. The number of carbonyl (C=O) groups is 2. The minimum atomic E-state index is -0.387. The molecule has 0 aliphatic carbocycles. The molecule has 1 unspecified atom stereocenters. The summed E-state index contributed by atoms with van der Waals surface area (Å²) in [5.41, 5.74) is 3.01. The Labute approximate surface area is 197 Å². The average Bonchev–Trinajstić information content (AvgIpc) is 3.19. The Bertz CT molecular complexity index is 919. The molecule has 1 aliphatic rings. The summed E-state index contributed by atoms with van der Waals surface area (Å²) < 4.78 is 1.90. The summed E-state index contributed by atoms with van der Waals surface area (Å²) in [5, 5.41) is 11.8. The van der Waals surface area contributed by atoms with Gasteiger partial charge in [-0.1, -0.05) is 26.0 Å². The van der Waals surface area contributed by atoms with Gasteiger partial charge in [0.2, 0.25) is 5.91 Å². The number of rotatable bonds is 12. The number of hydrogen-bond donors (Lipinski definition) is 2. The van der Waals surface area contributed by atoms with Crippen molar-refractivity contribution in [3.8, 4) is 0 Å². The van der Waals surface area contributed by atoms with E-state index in [1.165, 1.54) is 5.69 Å². The zero-order valence-corrected chi connectivity index (χ0v) is 20.6. The normalized spacial score (nSPS) is 15.8. The highest BCUT2D eigenvalue weighted by Gasteiger charge is 2.27. The molecule has 1 fully saturated rings. The van der Waals surface area contributed by atoms with E-state index >= 15 is 0 Å². The Balaban J connectivity index is 1.76. The molecule has 8 nitrogen and oxygen atoms in total. The zero-order chi connectivity index (χ0) is 23.8. The van der Waals surface area contributed by atoms with Crippen molar-refractivity contribution in [2.24, 2.45) is 7.05 Å². The second-order valence-corrected chi connectivity index (χ2v) is 8.84. The Kier molecular flexibility index (Phi) is 9.26. The second-order valence-electron chi connectivity index (χ2n) is 8.84. The molecule has 8 heteroatoms. The number of benzene rings is 1. The predicted octanol–water partition coefficient (Wildman–Crippen LogP) is 2.28. The smallest absolute Gasteiger partial charge is 0.219 e. The number of nitrogens with zero attached hydrogens (tertiary/aromatic N) is 4. The topological polar surface area (TPSA) is 82.5 Å². The van der Waals surface area contributed by atoms with E-state index in [0.717, 1.165) is 75.0 Å². The van der Waals surface area contributed by atoms with Gasteiger partial charge in [-0.15, -0.1) is 0 Å². The highest BCUT2D eigenvalue weighted by atomic mass is 16.1. The van der Waals surface area contributed by atoms with E-state index in [4.69, 9.17) is 5.10 Å². The Morgan fingerprint density at radius 1 is 1.30 bits per heavy atom. The van der Waals surface area contributed by atoms with Gasteiger partial charge in [0.1, 0.15) is 6.29 Å². The van der Waals surface area contributed by atoms with Crippen LogP contribution in [0.2, 0.25) is 0 Å². The second kappa shape index (κ2) is 12.1. The van der Waals surface area contributed by atoms with Crippen LogP contribution in [0.3, 0.4) is 0 Å². The first-order valence-electron chi connectivity index (χ1n) is 12.3. The van der Waals surface area contributed by atoms with Gasteiger partial charge >= 0.3 is 0 Å². The number of aryl methyl sites for hydroxylation is 1. The lowest BCUT2D eigenvalue weighted by atomic mass is 9.97. The summed E-state index contributed by atoms with van der Waals surface area (Å²) in [6.45, 7) is 10.7. The number of carbonyl (C=O) groups excluding carboxylic acids is 2. The number of likely N-dealkylation sites (N-methyl/N-ethyl adjacent to an activating group) is 2. The predicted molar refractivity (Wildman–Crippen MR) is 134 cm³/mol. The standard InChI is InChI=1S/C25H40N6O2/c1-5-27-14-17-30(6-2)20-12-15-31(16-13-20)22-9-7-8-21-24(28-29(4)25(21)22)19(18-32)10-11-23(33)26-3/h7-9,18-20,27H,5-6,10-17H2,1-4H3,(H,26,33). The van der Waals surface area contributed by atoms with E-state index in [1.54, 1.807) is 7.05 Å². The molecule has 3 rings (SSSR count). The van der Waals surface area contributed by atoms with Crippen LogP contribution in [0.25, 0.3) is 10.9 Å². The Hall–Kier alpha value is -2.45. The number of aromatic nitrogens is 2. The molecule has 1 aromatic heterocycles. The third kappa shape index (κ3) is 5.92. The van der Waals surface area contributed by atoms with Crippen molar-refractivity contribution in [2.45, 2.75) is 51.5 Å². The van der Waals surface area contributed by atoms with Crippen molar-refractivity contribution in [2.75, 3.05) is 51.2 Å². The third-order valence-electron chi connectivity index (χ3n) is 6.90. The Morgan fingerprint density at radius 3 is 2.70 bits per heavy atom. The van der Waals surface area contributed by atoms with Crippen LogP contribution in [0.5, 0.6) is 0 Å². The number of hydrogen-bond acceptors (Lipinski definition) is 6.